The lowest BCUT2D eigenvalue weighted by Crippen LogP contribution is -2.37. The molecule has 1 heterocycles. The molecule has 240 valence electrons. The van der Waals surface area contributed by atoms with Crippen LogP contribution in [-0.4, -0.2) is 0 Å². The second-order valence-corrected chi connectivity index (χ2v) is 15.3. The minimum Gasteiger partial charge on any atom is -0.310 e. The van der Waals surface area contributed by atoms with Gasteiger partial charge >= 0.3 is 0 Å². The summed E-state index contributed by atoms with van der Waals surface area (Å²) in [5.74, 6) is 0. The fraction of sp³-hybridized carbons (Fsp3) is 0.143. The van der Waals surface area contributed by atoms with Crippen LogP contribution < -0.4 is 4.90 Å². The van der Waals surface area contributed by atoms with Crippen molar-refractivity contribution in [1.29, 1.82) is 0 Å². The first-order chi connectivity index (χ1) is 24.3. The molecule has 0 unspecified atom stereocenters. The van der Waals surface area contributed by atoms with E-state index in [0.29, 0.717) is 0 Å². The van der Waals surface area contributed by atoms with E-state index in [4.69, 9.17) is 0 Å². The molecule has 1 aliphatic heterocycles. The maximum atomic E-state index is 2.51. The van der Waals surface area contributed by atoms with E-state index in [1.807, 2.05) is 0 Å². The summed E-state index contributed by atoms with van der Waals surface area (Å²) < 4.78 is 0. The van der Waals surface area contributed by atoms with Crippen LogP contribution in [0.15, 0.2) is 164 Å². The lowest BCUT2D eigenvalue weighted by Gasteiger charge is -2.46. The van der Waals surface area contributed by atoms with Gasteiger partial charge in [-0.25, -0.2) is 0 Å². The van der Waals surface area contributed by atoms with E-state index >= 15 is 0 Å². The first-order valence-electron chi connectivity index (χ1n) is 17.9. The van der Waals surface area contributed by atoms with Crippen molar-refractivity contribution in [3.05, 3.63) is 208 Å². The molecule has 0 saturated heterocycles. The molecule has 0 spiro atoms. The van der Waals surface area contributed by atoms with Gasteiger partial charge < -0.3 is 4.90 Å². The molecule has 0 saturated carbocycles. The lowest BCUT2D eigenvalue weighted by molar-refractivity contribution is 0.658. The van der Waals surface area contributed by atoms with Gasteiger partial charge in [0.2, 0.25) is 0 Å². The molecule has 0 radical (unpaired) electrons. The Morgan fingerprint density at radius 2 is 0.820 bits per heavy atom. The summed E-state index contributed by atoms with van der Waals surface area (Å²) in [7, 11) is 0. The maximum Gasteiger partial charge on any atom is 0.0742 e. The smallest absolute Gasteiger partial charge is 0.0742 e. The summed E-state index contributed by atoms with van der Waals surface area (Å²) in [5, 5.41) is 0. The molecule has 0 amide bonds. The molecule has 2 aliphatic carbocycles. The fourth-order valence-electron chi connectivity index (χ4n) is 9.79. The van der Waals surface area contributed by atoms with E-state index in [1.54, 1.807) is 0 Å². The summed E-state index contributed by atoms with van der Waals surface area (Å²) in [6.45, 7) is 9.47. The molecule has 7 aromatic carbocycles. The Bertz CT molecular complexity index is 2450. The number of rotatable bonds is 3. The summed E-state index contributed by atoms with van der Waals surface area (Å²) in [4.78, 5) is 2.51. The largest absolute Gasteiger partial charge is 0.310 e. The van der Waals surface area contributed by atoms with Gasteiger partial charge in [-0.1, -0.05) is 161 Å². The van der Waals surface area contributed by atoms with Gasteiger partial charge in [-0.15, -0.1) is 0 Å². The summed E-state index contributed by atoms with van der Waals surface area (Å²) in [5.41, 5.74) is 19.0. The fourth-order valence-corrected chi connectivity index (χ4v) is 9.79. The van der Waals surface area contributed by atoms with Crippen molar-refractivity contribution in [3.8, 4) is 22.3 Å². The van der Waals surface area contributed by atoms with Gasteiger partial charge in [0.1, 0.15) is 0 Å². The Kier molecular flexibility index (Phi) is 5.96. The van der Waals surface area contributed by atoms with Crippen molar-refractivity contribution in [2.75, 3.05) is 4.90 Å². The van der Waals surface area contributed by atoms with Crippen LogP contribution in [0.1, 0.15) is 72.2 Å². The minimum absolute atomic E-state index is 0.0510. The van der Waals surface area contributed by atoms with Crippen molar-refractivity contribution < 1.29 is 0 Å². The zero-order valence-corrected chi connectivity index (χ0v) is 29.0. The first kappa shape index (κ1) is 29.3. The highest BCUT2D eigenvalue weighted by molar-refractivity contribution is 5.92. The monoisotopic (exact) mass is 641 g/mol. The Balaban J connectivity index is 1.26. The van der Waals surface area contributed by atoms with Gasteiger partial charge in [0.05, 0.1) is 16.8 Å². The molecule has 0 bridgehead atoms. The third-order valence-electron chi connectivity index (χ3n) is 12.1. The molecule has 0 N–H and O–H groups in total. The van der Waals surface area contributed by atoms with Gasteiger partial charge in [0, 0.05) is 16.5 Å². The Morgan fingerprint density at radius 3 is 1.46 bits per heavy atom. The molecule has 3 aliphatic rings. The van der Waals surface area contributed by atoms with Crippen LogP contribution in [0.4, 0.5) is 17.1 Å². The molecule has 1 nitrogen and oxygen atoms in total. The Labute approximate surface area is 295 Å². The summed E-state index contributed by atoms with van der Waals surface area (Å²) in [6, 6.07) is 61.7. The Hall–Kier alpha value is -5.66. The molecule has 0 fully saturated rings. The number of anilines is 3. The highest BCUT2D eigenvalue weighted by Crippen LogP contribution is 2.60. The number of para-hydroxylation sites is 2. The average Bonchev–Trinajstić information content (AvgIpc) is 3.53. The normalized spacial score (nSPS) is 16.4. The third-order valence-corrected chi connectivity index (χ3v) is 12.1. The van der Waals surface area contributed by atoms with Gasteiger partial charge in [0.15, 0.2) is 0 Å². The quantitative estimate of drug-likeness (QED) is 0.186. The predicted molar refractivity (Wildman–Crippen MR) is 208 cm³/mol. The zero-order chi connectivity index (χ0) is 33.8. The van der Waals surface area contributed by atoms with Gasteiger partial charge in [-0.05, 0) is 97.1 Å². The van der Waals surface area contributed by atoms with E-state index in [1.165, 1.54) is 83.8 Å². The summed E-state index contributed by atoms with van der Waals surface area (Å²) >= 11 is 0. The van der Waals surface area contributed by atoms with Crippen LogP contribution >= 0.6 is 0 Å². The van der Waals surface area contributed by atoms with E-state index in [0.717, 1.165) is 0 Å². The molecule has 1 heteroatoms. The lowest BCUT2D eigenvalue weighted by atomic mass is 9.62. The van der Waals surface area contributed by atoms with E-state index in [2.05, 4.69) is 196 Å². The van der Waals surface area contributed by atoms with Crippen LogP contribution in [-0.2, 0) is 16.2 Å². The van der Waals surface area contributed by atoms with Gasteiger partial charge in [0.25, 0.3) is 0 Å². The molecule has 0 atom stereocenters. The molecule has 7 aromatic rings. The Morgan fingerprint density at radius 1 is 0.340 bits per heavy atom. The maximum absolute atomic E-state index is 2.51. The van der Waals surface area contributed by atoms with E-state index in [9.17, 15) is 0 Å². The molecular weight excluding hydrogens is 603 g/mol. The number of benzene rings is 7. The second kappa shape index (κ2) is 10.2. The van der Waals surface area contributed by atoms with Crippen molar-refractivity contribution >= 4 is 17.1 Å². The molecule has 0 aromatic heterocycles. The summed E-state index contributed by atoms with van der Waals surface area (Å²) in [6.07, 6.45) is 0. The standard InChI is InChI=1S/C49H39N/c1-47(2)40-21-11-9-19-36(40)38-30-33(26-29-41(38)47)49(32-16-6-5-7-17-32)42-22-12-14-24-45(42)50(46-25-15-13-23-43(46)49)34-27-28-37-35-18-8-10-20-39(35)48(3,4)44(37)31-34/h5-31H,1-4H3. The van der Waals surface area contributed by atoms with Crippen molar-refractivity contribution in [2.45, 2.75) is 43.9 Å². The van der Waals surface area contributed by atoms with Gasteiger partial charge in [-0.3, -0.25) is 0 Å². The number of hydrogen-bond acceptors (Lipinski definition) is 1. The number of fused-ring (bicyclic) bond motifs is 8. The van der Waals surface area contributed by atoms with Crippen molar-refractivity contribution in [3.63, 3.8) is 0 Å². The average molecular weight is 642 g/mol. The number of hydrogen-bond donors (Lipinski definition) is 0. The van der Waals surface area contributed by atoms with Crippen LogP contribution in [0.25, 0.3) is 22.3 Å². The van der Waals surface area contributed by atoms with Crippen LogP contribution in [0.3, 0.4) is 0 Å². The molecular formula is C49H39N. The molecule has 10 rings (SSSR count). The minimum atomic E-state index is -0.534. The van der Waals surface area contributed by atoms with Crippen LogP contribution in [0.5, 0.6) is 0 Å². The van der Waals surface area contributed by atoms with Crippen LogP contribution in [0, 0.1) is 0 Å². The first-order valence-corrected chi connectivity index (χ1v) is 17.9. The van der Waals surface area contributed by atoms with E-state index < -0.39 is 5.41 Å². The molecule has 50 heavy (non-hydrogen) atoms. The topological polar surface area (TPSA) is 3.24 Å². The zero-order valence-electron chi connectivity index (χ0n) is 29.0. The highest BCUT2D eigenvalue weighted by Gasteiger charge is 2.48. The van der Waals surface area contributed by atoms with E-state index in [-0.39, 0.29) is 10.8 Å². The highest BCUT2D eigenvalue weighted by atomic mass is 15.2. The van der Waals surface area contributed by atoms with Crippen LogP contribution in [0.2, 0.25) is 0 Å². The SMILES string of the molecule is CC1(C)c2ccccc2-c2cc(C3(c4ccccc4)c4ccccc4N(c4ccc5c(c4)C(C)(C)c4ccccc4-5)c4ccccc43)ccc21. The van der Waals surface area contributed by atoms with Crippen molar-refractivity contribution in [1.82, 2.24) is 0 Å². The number of nitrogens with zero attached hydrogens (tertiary/aromatic N) is 1. The second-order valence-electron chi connectivity index (χ2n) is 15.3. The van der Waals surface area contributed by atoms with Gasteiger partial charge in [-0.2, -0.15) is 0 Å². The third kappa shape index (κ3) is 3.67. The van der Waals surface area contributed by atoms with Crippen molar-refractivity contribution in [2.24, 2.45) is 0 Å². The predicted octanol–water partition coefficient (Wildman–Crippen LogP) is 12.5.